The molecule has 3 rings (SSSR count). The third-order valence-corrected chi connectivity index (χ3v) is 4.51. The summed E-state index contributed by atoms with van der Waals surface area (Å²) in [5, 5.41) is 15.8. The lowest BCUT2D eigenvalue weighted by Crippen LogP contribution is -2.37. The second kappa shape index (κ2) is 7.02. The zero-order valence-electron chi connectivity index (χ0n) is 13.5. The molecule has 0 radical (unpaired) electrons. The number of benzene rings is 1. The summed E-state index contributed by atoms with van der Waals surface area (Å²) in [6.07, 6.45) is 1.73. The van der Waals surface area contributed by atoms with E-state index < -0.39 is 18.0 Å². The summed E-state index contributed by atoms with van der Waals surface area (Å²) in [6.45, 7) is 1.87. The number of aliphatic carboxylic acids is 1. The zero-order valence-corrected chi connectivity index (χ0v) is 14.3. The number of hydrogen-bond donors (Lipinski definition) is 3. The molecule has 3 N–H and O–H groups in total. The van der Waals surface area contributed by atoms with Crippen molar-refractivity contribution in [3.63, 3.8) is 0 Å². The highest BCUT2D eigenvalue weighted by Gasteiger charge is 2.32. The number of urea groups is 1. The molecular weight excluding hydrogens is 342 g/mol. The van der Waals surface area contributed by atoms with Gasteiger partial charge in [0.25, 0.3) is 0 Å². The molecule has 1 atom stereocenters. The number of carboxylic acids is 1. The van der Waals surface area contributed by atoms with Gasteiger partial charge in [-0.05, 0) is 31.9 Å². The summed E-state index contributed by atoms with van der Waals surface area (Å²) >= 11 is 1.24. The maximum atomic E-state index is 12.4. The van der Waals surface area contributed by atoms with Crippen molar-refractivity contribution in [1.29, 1.82) is 0 Å². The summed E-state index contributed by atoms with van der Waals surface area (Å²) in [5.74, 6) is -1.18. The topological polar surface area (TPSA) is 108 Å². The molecule has 1 unspecified atom stereocenters. The van der Waals surface area contributed by atoms with Crippen molar-refractivity contribution in [2.75, 3.05) is 5.32 Å². The Bertz CT molecular complexity index is 815. The van der Waals surface area contributed by atoms with Crippen LogP contribution >= 0.6 is 11.3 Å². The molecule has 1 aliphatic rings. The summed E-state index contributed by atoms with van der Waals surface area (Å²) in [7, 11) is 0. The van der Waals surface area contributed by atoms with Gasteiger partial charge >= 0.3 is 12.0 Å². The Morgan fingerprint density at radius 2 is 2.08 bits per heavy atom. The number of amides is 2. The fraction of sp³-hybridized carbons (Fsp3) is 0.294. The van der Waals surface area contributed by atoms with E-state index >= 15 is 0 Å². The average molecular weight is 359 g/mol. The molecule has 25 heavy (non-hydrogen) atoms. The van der Waals surface area contributed by atoms with Gasteiger partial charge in [0.2, 0.25) is 0 Å². The van der Waals surface area contributed by atoms with E-state index in [4.69, 9.17) is 0 Å². The van der Waals surface area contributed by atoms with E-state index in [1.165, 1.54) is 16.8 Å². The Morgan fingerprint density at radius 1 is 1.32 bits per heavy atom. The number of hydrogen-bond acceptors (Lipinski definition) is 5. The number of aromatic nitrogens is 1. The van der Waals surface area contributed by atoms with Gasteiger partial charge in [0, 0.05) is 16.9 Å². The van der Waals surface area contributed by atoms with E-state index in [1.807, 2.05) is 6.92 Å². The number of carbonyl (C=O) groups excluding carboxylic acids is 2. The monoisotopic (exact) mass is 359 g/mol. The SMILES string of the molecule is Cc1ccc(NC(=O)NC(C(=O)O)c2cscn2)c(C(=O)C2CC2)c1. The van der Waals surface area contributed by atoms with Crippen LogP contribution in [0.5, 0.6) is 0 Å². The number of carboxylic acid groups (broad SMARTS) is 1. The number of Topliss-reactive ketones (excluding diaryl/α,β-unsaturated/α-hetero) is 1. The van der Waals surface area contributed by atoms with Gasteiger partial charge < -0.3 is 15.7 Å². The maximum Gasteiger partial charge on any atom is 0.332 e. The number of aryl methyl sites for hydroxylation is 1. The van der Waals surface area contributed by atoms with Crippen molar-refractivity contribution < 1.29 is 19.5 Å². The number of nitrogens with one attached hydrogen (secondary N) is 2. The lowest BCUT2D eigenvalue weighted by molar-refractivity contribution is -0.139. The van der Waals surface area contributed by atoms with Crippen LogP contribution in [0, 0.1) is 12.8 Å². The van der Waals surface area contributed by atoms with Crippen molar-refractivity contribution >= 4 is 34.8 Å². The van der Waals surface area contributed by atoms with Gasteiger partial charge in [-0.15, -0.1) is 11.3 Å². The van der Waals surface area contributed by atoms with Crippen LogP contribution in [0.2, 0.25) is 0 Å². The third-order valence-electron chi connectivity index (χ3n) is 3.91. The van der Waals surface area contributed by atoms with E-state index in [9.17, 15) is 19.5 Å². The van der Waals surface area contributed by atoms with E-state index in [0.717, 1.165) is 18.4 Å². The molecule has 1 heterocycles. The normalized spacial score (nSPS) is 14.6. The largest absolute Gasteiger partial charge is 0.479 e. The predicted molar refractivity (Wildman–Crippen MR) is 92.9 cm³/mol. The van der Waals surface area contributed by atoms with Gasteiger partial charge in [0.05, 0.1) is 16.9 Å². The smallest absolute Gasteiger partial charge is 0.332 e. The van der Waals surface area contributed by atoms with Gasteiger partial charge in [-0.3, -0.25) is 4.79 Å². The summed E-state index contributed by atoms with van der Waals surface area (Å²) in [4.78, 5) is 39.9. The summed E-state index contributed by atoms with van der Waals surface area (Å²) < 4.78 is 0. The van der Waals surface area contributed by atoms with Crippen molar-refractivity contribution in [2.45, 2.75) is 25.8 Å². The molecule has 1 fully saturated rings. The summed E-state index contributed by atoms with van der Waals surface area (Å²) in [6, 6.07) is 3.23. The molecule has 0 bridgehead atoms. The quantitative estimate of drug-likeness (QED) is 0.687. The Balaban J connectivity index is 1.76. The fourth-order valence-corrected chi connectivity index (χ4v) is 3.03. The molecule has 130 valence electrons. The molecule has 0 aliphatic heterocycles. The van der Waals surface area contributed by atoms with E-state index in [-0.39, 0.29) is 17.4 Å². The lowest BCUT2D eigenvalue weighted by Gasteiger charge is -2.15. The van der Waals surface area contributed by atoms with Crippen LogP contribution in [0.15, 0.2) is 29.1 Å². The Morgan fingerprint density at radius 3 is 2.68 bits per heavy atom. The van der Waals surface area contributed by atoms with Crippen LogP contribution in [0.25, 0.3) is 0 Å². The molecule has 1 aliphatic carbocycles. The number of ketones is 1. The minimum atomic E-state index is -1.25. The molecule has 2 aromatic rings. The first-order valence-corrected chi connectivity index (χ1v) is 8.73. The molecule has 2 amide bonds. The highest BCUT2D eigenvalue weighted by atomic mass is 32.1. The second-order valence-corrected chi connectivity index (χ2v) is 6.69. The zero-order chi connectivity index (χ0) is 18.0. The highest BCUT2D eigenvalue weighted by molar-refractivity contribution is 7.07. The predicted octanol–water partition coefficient (Wildman–Crippen LogP) is 2.99. The number of anilines is 1. The highest BCUT2D eigenvalue weighted by Crippen LogP contribution is 2.35. The Hall–Kier alpha value is -2.74. The Labute approximate surface area is 148 Å². The number of nitrogens with zero attached hydrogens (tertiary/aromatic N) is 1. The van der Waals surface area contributed by atoms with E-state index in [2.05, 4.69) is 15.6 Å². The minimum absolute atomic E-state index is 0.00767. The van der Waals surface area contributed by atoms with Gasteiger partial charge in [-0.2, -0.15) is 0 Å². The van der Waals surface area contributed by atoms with Crippen LogP contribution in [0.4, 0.5) is 10.5 Å². The van der Waals surface area contributed by atoms with Crippen LogP contribution in [0.3, 0.4) is 0 Å². The maximum absolute atomic E-state index is 12.4. The third kappa shape index (κ3) is 4.03. The van der Waals surface area contributed by atoms with Crippen LogP contribution < -0.4 is 10.6 Å². The van der Waals surface area contributed by atoms with Gasteiger partial charge in [-0.1, -0.05) is 11.6 Å². The first kappa shape index (κ1) is 17.1. The molecule has 1 aromatic heterocycles. The molecule has 8 heteroatoms. The van der Waals surface area contributed by atoms with Gasteiger partial charge in [-0.25, -0.2) is 14.6 Å². The van der Waals surface area contributed by atoms with Crippen LogP contribution in [-0.4, -0.2) is 27.9 Å². The summed E-state index contributed by atoms with van der Waals surface area (Å²) in [5.41, 5.74) is 3.50. The van der Waals surface area contributed by atoms with Crippen molar-refractivity contribution in [3.8, 4) is 0 Å². The number of carbonyl (C=O) groups is 3. The van der Waals surface area contributed by atoms with Crippen molar-refractivity contribution in [1.82, 2.24) is 10.3 Å². The first-order valence-electron chi connectivity index (χ1n) is 7.79. The molecule has 7 nitrogen and oxygen atoms in total. The minimum Gasteiger partial charge on any atom is -0.479 e. The lowest BCUT2D eigenvalue weighted by atomic mass is 10.0. The number of rotatable bonds is 6. The number of thiazole rings is 1. The average Bonchev–Trinajstić information content (AvgIpc) is 3.28. The molecule has 0 spiro atoms. The van der Waals surface area contributed by atoms with Crippen LogP contribution in [-0.2, 0) is 4.79 Å². The standard InChI is InChI=1S/C17H17N3O4S/c1-9-2-5-12(11(6-9)15(21)10-3-4-10)19-17(24)20-14(16(22)23)13-7-25-8-18-13/h2,5-8,10,14H,3-4H2,1H3,(H,22,23)(H2,19,20,24). The van der Waals surface area contributed by atoms with Gasteiger partial charge in [0.1, 0.15) is 0 Å². The molecule has 0 saturated heterocycles. The van der Waals surface area contributed by atoms with Crippen LogP contribution in [0.1, 0.15) is 40.5 Å². The van der Waals surface area contributed by atoms with Gasteiger partial charge in [0.15, 0.2) is 11.8 Å². The van der Waals surface area contributed by atoms with Crippen molar-refractivity contribution in [2.24, 2.45) is 5.92 Å². The molecule has 1 saturated carbocycles. The first-order chi connectivity index (χ1) is 12.0. The second-order valence-electron chi connectivity index (χ2n) is 5.97. The Kier molecular flexibility index (Phi) is 4.80. The van der Waals surface area contributed by atoms with Crippen molar-refractivity contribution in [3.05, 3.63) is 45.9 Å². The fourth-order valence-electron chi connectivity index (χ4n) is 2.45. The van der Waals surface area contributed by atoms with E-state index in [1.54, 1.807) is 23.6 Å². The molecular formula is C17H17N3O4S. The van der Waals surface area contributed by atoms with E-state index in [0.29, 0.717) is 11.3 Å². The molecule has 1 aromatic carbocycles.